The molecule has 3 aromatic rings. The number of hydrogen-bond donors (Lipinski definition) is 2. The van der Waals surface area contributed by atoms with Crippen LogP contribution in [0.4, 0.5) is 5.69 Å². The third-order valence-electron chi connectivity index (χ3n) is 4.86. The van der Waals surface area contributed by atoms with Gasteiger partial charge in [-0.25, -0.2) is 4.68 Å². The number of anilines is 1. The van der Waals surface area contributed by atoms with Crippen molar-refractivity contribution in [1.29, 1.82) is 0 Å². The Morgan fingerprint density at radius 2 is 1.75 bits per heavy atom. The molecule has 0 spiro atoms. The second-order valence-corrected chi connectivity index (χ2v) is 7.13. The summed E-state index contributed by atoms with van der Waals surface area (Å²) in [6, 6.07) is 14.9. The molecular weight excluding hydrogens is 412 g/mol. The van der Waals surface area contributed by atoms with Crippen LogP contribution in [0.2, 0.25) is 0 Å². The van der Waals surface area contributed by atoms with E-state index in [1.165, 1.54) is 6.07 Å². The maximum Gasteiger partial charge on any atom is 0.267 e. The van der Waals surface area contributed by atoms with Crippen molar-refractivity contribution in [3.8, 4) is 22.8 Å². The van der Waals surface area contributed by atoms with Crippen molar-refractivity contribution in [1.82, 2.24) is 15.1 Å². The van der Waals surface area contributed by atoms with Crippen LogP contribution < -0.4 is 25.7 Å². The lowest BCUT2D eigenvalue weighted by Crippen LogP contribution is -2.29. The fraction of sp³-hybridized carbons (Fsp3) is 0.217. The first-order chi connectivity index (χ1) is 15.5. The molecule has 4 rings (SSSR count). The monoisotopic (exact) mass is 434 g/mol. The van der Waals surface area contributed by atoms with Crippen LogP contribution in [0.15, 0.2) is 59.4 Å². The lowest BCUT2D eigenvalue weighted by molar-refractivity contribution is -0.117. The number of benzene rings is 2. The largest absolute Gasteiger partial charge is 0.490 e. The molecule has 2 heterocycles. The van der Waals surface area contributed by atoms with Crippen molar-refractivity contribution in [2.75, 3.05) is 25.6 Å². The highest BCUT2D eigenvalue weighted by atomic mass is 16.5. The van der Waals surface area contributed by atoms with E-state index in [0.29, 0.717) is 41.7 Å². The molecule has 0 radical (unpaired) electrons. The normalized spacial score (nSPS) is 12.5. The summed E-state index contributed by atoms with van der Waals surface area (Å²) in [6.07, 6.45) is 0.802. The van der Waals surface area contributed by atoms with Gasteiger partial charge in [0, 0.05) is 36.3 Å². The van der Waals surface area contributed by atoms with Gasteiger partial charge in [0.2, 0.25) is 5.91 Å². The number of rotatable bonds is 5. The van der Waals surface area contributed by atoms with Crippen LogP contribution in [0.3, 0.4) is 0 Å². The summed E-state index contributed by atoms with van der Waals surface area (Å²) in [6.45, 7) is 0.904. The number of amides is 2. The first kappa shape index (κ1) is 21.1. The van der Waals surface area contributed by atoms with Crippen molar-refractivity contribution < 1.29 is 19.1 Å². The van der Waals surface area contributed by atoms with Crippen molar-refractivity contribution in [2.45, 2.75) is 13.0 Å². The van der Waals surface area contributed by atoms with Crippen LogP contribution in [0.5, 0.6) is 11.5 Å². The smallest absolute Gasteiger partial charge is 0.267 e. The molecule has 0 aliphatic carbocycles. The van der Waals surface area contributed by atoms with E-state index in [0.717, 1.165) is 16.7 Å². The van der Waals surface area contributed by atoms with Gasteiger partial charge < -0.3 is 20.1 Å². The minimum Gasteiger partial charge on any atom is -0.490 e. The van der Waals surface area contributed by atoms with E-state index in [-0.39, 0.29) is 12.5 Å². The summed E-state index contributed by atoms with van der Waals surface area (Å²) in [5, 5.41) is 9.57. The van der Waals surface area contributed by atoms with Gasteiger partial charge in [-0.3, -0.25) is 14.4 Å². The van der Waals surface area contributed by atoms with E-state index in [4.69, 9.17) is 9.47 Å². The maximum absolute atomic E-state index is 12.5. The average Bonchev–Trinajstić information content (AvgIpc) is 3.05. The first-order valence-electron chi connectivity index (χ1n) is 10.1. The molecule has 2 aromatic carbocycles. The van der Waals surface area contributed by atoms with E-state index in [1.54, 1.807) is 37.4 Å². The van der Waals surface area contributed by atoms with Crippen molar-refractivity contribution in [3.05, 3.63) is 70.5 Å². The van der Waals surface area contributed by atoms with Gasteiger partial charge in [0.1, 0.15) is 6.54 Å². The van der Waals surface area contributed by atoms with Gasteiger partial charge in [0.25, 0.3) is 11.5 Å². The molecule has 0 saturated carbocycles. The summed E-state index contributed by atoms with van der Waals surface area (Å²) in [7, 11) is 1.54. The number of ether oxygens (including phenoxy) is 2. The standard InChI is InChI=1S/C23H22N4O5/c1-24-23(30)15-3-6-17(7-4-15)25-21(28)14-27-22(29)10-8-18(26-27)16-5-9-19-20(13-16)32-12-2-11-31-19/h3-10,13H,2,11-12,14H2,1H3,(H,24,30)(H,25,28). The lowest BCUT2D eigenvalue weighted by Gasteiger charge is -2.11. The van der Waals surface area contributed by atoms with Gasteiger partial charge in [-0.2, -0.15) is 5.10 Å². The SMILES string of the molecule is CNC(=O)c1ccc(NC(=O)Cn2nc(-c3ccc4c(c3)OCCCO4)ccc2=O)cc1. The number of carbonyl (C=O) groups is 2. The van der Waals surface area contributed by atoms with Crippen LogP contribution in [0.1, 0.15) is 16.8 Å². The molecule has 0 bridgehead atoms. The molecule has 1 aliphatic rings. The fourth-order valence-electron chi connectivity index (χ4n) is 3.22. The molecule has 2 amide bonds. The highest BCUT2D eigenvalue weighted by Gasteiger charge is 2.14. The Morgan fingerprint density at radius 3 is 2.50 bits per heavy atom. The minimum atomic E-state index is -0.414. The zero-order valence-corrected chi connectivity index (χ0v) is 17.5. The molecule has 1 aromatic heterocycles. The van der Waals surface area contributed by atoms with Crippen LogP contribution in [-0.4, -0.2) is 41.9 Å². The molecule has 0 atom stereocenters. The molecule has 9 heteroatoms. The molecule has 164 valence electrons. The Kier molecular flexibility index (Phi) is 6.16. The summed E-state index contributed by atoms with van der Waals surface area (Å²) >= 11 is 0. The summed E-state index contributed by atoms with van der Waals surface area (Å²) in [5.41, 5.74) is 1.87. The highest BCUT2D eigenvalue weighted by Crippen LogP contribution is 2.33. The third-order valence-corrected chi connectivity index (χ3v) is 4.86. The zero-order valence-electron chi connectivity index (χ0n) is 17.5. The molecule has 0 fully saturated rings. The van der Waals surface area contributed by atoms with Crippen molar-refractivity contribution in [2.24, 2.45) is 0 Å². The first-order valence-corrected chi connectivity index (χ1v) is 10.1. The lowest BCUT2D eigenvalue weighted by atomic mass is 10.1. The van der Waals surface area contributed by atoms with Gasteiger partial charge in [0.05, 0.1) is 18.9 Å². The molecule has 0 unspecified atom stereocenters. The zero-order chi connectivity index (χ0) is 22.5. The van der Waals surface area contributed by atoms with Crippen molar-refractivity contribution in [3.63, 3.8) is 0 Å². The Balaban J connectivity index is 1.49. The summed E-state index contributed by atoms with van der Waals surface area (Å²) in [5.74, 6) is 0.659. The average molecular weight is 434 g/mol. The molecule has 1 aliphatic heterocycles. The van der Waals surface area contributed by atoms with Crippen LogP contribution in [0.25, 0.3) is 11.3 Å². The summed E-state index contributed by atoms with van der Waals surface area (Å²) < 4.78 is 12.5. The van der Waals surface area contributed by atoms with Crippen LogP contribution >= 0.6 is 0 Å². The fourth-order valence-corrected chi connectivity index (χ4v) is 3.22. The van der Waals surface area contributed by atoms with Gasteiger partial charge in [-0.05, 0) is 48.5 Å². The summed E-state index contributed by atoms with van der Waals surface area (Å²) in [4.78, 5) is 36.3. The Bertz CT molecular complexity index is 1200. The predicted octanol–water partition coefficient (Wildman–Crippen LogP) is 2.07. The van der Waals surface area contributed by atoms with Crippen molar-refractivity contribution >= 4 is 17.5 Å². The van der Waals surface area contributed by atoms with E-state index in [9.17, 15) is 14.4 Å². The van der Waals surface area contributed by atoms with E-state index in [2.05, 4.69) is 15.7 Å². The van der Waals surface area contributed by atoms with Crippen LogP contribution in [0, 0.1) is 0 Å². The third kappa shape index (κ3) is 4.77. The highest BCUT2D eigenvalue weighted by molar-refractivity contribution is 5.95. The molecule has 2 N–H and O–H groups in total. The Labute approximate surface area is 184 Å². The van der Waals surface area contributed by atoms with Crippen LogP contribution in [-0.2, 0) is 11.3 Å². The minimum absolute atomic E-state index is 0.217. The number of hydrogen-bond acceptors (Lipinski definition) is 6. The molecule has 0 saturated heterocycles. The number of carbonyl (C=O) groups excluding carboxylic acids is 2. The molecule has 9 nitrogen and oxygen atoms in total. The van der Waals surface area contributed by atoms with Gasteiger partial charge in [-0.1, -0.05) is 0 Å². The quantitative estimate of drug-likeness (QED) is 0.636. The van der Waals surface area contributed by atoms with E-state index < -0.39 is 11.5 Å². The topological polar surface area (TPSA) is 112 Å². The number of fused-ring (bicyclic) bond motifs is 1. The second-order valence-electron chi connectivity index (χ2n) is 7.13. The maximum atomic E-state index is 12.5. The van der Waals surface area contributed by atoms with E-state index >= 15 is 0 Å². The second kappa shape index (κ2) is 9.34. The number of nitrogens with zero attached hydrogens (tertiary/aromatic N) is 2. The number of aromatic nitrogens is 2. The van der Waals surface area contributed by atoms with Gasteiger partial charge >= 0.3 is 0 Å². The van der Waals surface area contributed by atoms with Gasteiger partial charge in [-0.15, -0.1) is 0 Å². The molecular formula is C23H22N4O5. The Hall–Kier alpha value is -4.14. The van der Waals surface area contributed by atoms with Gasteiger partial charge in [0.15, 0.2) is 11.5 Å². The Morgan fingerprint density at radius 1 is 1.00 bits per heavy atom. The molecule has 32 heavy (non-hydrogen) atoms. The predicted molar refractivity (Wildman–Crippen MR) is 118 cm³/mol. The number of nitrogens with one attached hydrogen (secondary N) is 2. The van der Waals surface area contributed by atoms with E-state index in [1.807, 2.05) is 18.2 Å².